The Morgan fingerprint density at radius 3 is 2.42 bits per heavy atom. The number of carbonyl (C=O) groups excluding carboxylic acids is 1. The summed E-state index contributed by atoms with van der Waals surface area (Å²) < 4.78 is 10.3. The minimum absolute atomic E-state index is 0.0195. The van der Waals surface area contributed by atoms with Crippen molar-refractivity contribution in [1.82, 2.24) is 0 Å². The van der Waals surface area contributed by atoms with E-state index in [9.17, 15) is 4.79 Å². The Hall–Kier alpha value is -0.973. The molecule has 5 heteroatoms. The maximum absolute atomic E-state index is 11.1. The van der Waals surface area contributed by atoms with Gasteiger partial charge in [0.05, 0.1) is 0 Å². The second-order valence-electron chi connectivity index (χ2n) is 3.62. The first kappa shape index (κ1) is 9.12. The maximum Gasteiger partial charge on any atom is 0.242 e. The molecule has 0 fully saturated rings. The molecular weight excluding hydrogens is 174 g/mol. The highest BCUT2D eigenvalue weighted by Gasteiger charge is 2.29. The number of hydrogen-bond donors (Lipinski definition) is 1. The van der Waals surface area contributed by atoms with Crippen molar-refractivity contribution in [3.63, 3.8) is 0 Å². The van der Waals surface area contributed by atoms with Gasteiger partial charge in [0.15, 0.2) is 6.61 Å². The summed E-state index contributed by atoms with van der Waals surface area (Å²) >= 11 is 0. The first-order chi connectivity index (χ1) is 5.40. The van der Waals surface area contributed by atoms with E-state index in [4.69, 9.17) is 14.9 Å². The van der Waals surface area contributed by atoms with Crippen LogP contribution in [0.15, 0.2) is 11.6 Å². The third kappa shape index (κ3) is 2.01. The van der Waals surface area contributed by atoms with Gasteiger partial charge in [0.1, 0.15) is 0 Å². The van der Waals surface area contributed by atoms with Crippen molar-refractivity contribution < 1.29 is 14.0 Å². The molecule has 0 spiro atoms. The number of rotatable bonds is 2. The van der Waals surface area contributed by atoms with Crippen LogP contribution in [0.25, 0.3) is 0 Å². The molecule has 68 valence electrons. The summed E-state index contributed by atoms with van der Waals surface area (Å²) in [6.45, 7) is 5.97. The standard InChI is InChI=1S/C7H13NO3Si/c1-12(2,3)11-6-5(9)4-10-7(6)8/h4,8H2,1-3H3. The molecule has 1 heterocycles. The number of ether oxygens (including phenoxy) is 1. The number of carbonyl (C=O) groups is 1. The fourth-order valence-corrected chi connectivity index (χ4v) is 1.65. The zero-order valence-corrected chi connectivity index (χ0v) is 8.51. The highest BCUT2D eigenvalue weighted by atomic mass is 28.4. The second kappa shape index (κ2) is 2.82. The predicted molar refractivity (Wildman–Crippen MR) is 46.6 cm³/mol. The van der Waals surface area contributed by atoms with Crippen LogP contribution >= 0.6 is 0 Å². The topological polar surface area (TPSA) is 61.6 Å². The molecular formula is C7H13NO3Si. The van der Waals surface area contributed by atoms with E-state index >= 15 is 0 Å². The number of nitrogens with two attached hydrogens (primary N) is 1. The van der Waals surface area contributed by atoms with Crippen molar-refractivity contribution in [1.29, 1.82) is 0 Å². The van der Waals surface area contributed by atoms with E-state index in [0.29, 0.717) is 0 Å². The smallest absolute Gasteiger partial charge is 0.242 e. The summed E-state index contributed by atoms with van der Waals surface area (Å²) in [5.74, 6) is 0.187. The number of ketones is 1. The molecule has 0 saturated carbocycles. The van der Waals surface area contributed by atoms with E-state index in [1.54, 1.807) is 0 Å². The molecule has 0 aromatic rings. The van der Waals surface area contributed by atoms with Gasteiger partial charge in [0, 0.05) is 0 Å². The zero-order chi connectivity index (χ0) is 9.35. The van der Waals surface area contributed by atoms with Crippen molar-refractivity contribution in [3.05, 3.63) is 11.6 Å². The lowest BCUT2D eigenvalue weighted by molar-refractivity contribution is -0.118. The van der Waals surface area contributed by atoms with Crippen molar-refractivity contribution >= 4 is 14.1 Å². The molecule has 1 rings (SSSR count). The van der Waals surface area contributed by atoms with Crippen LogP contribution in [0, 0.1) is 0 Å². The minimum Gasteiger partial charge on any atom is -0.538 e. The zero-order valence-electron chi connectivity index (χ0n) is 7.51. The van der Waals surface area contributed by atoms with Gasteiger partial charge in [-0.3, -0.25) is 4.79 Å². The van der Waals surface area contributed by atoms with Gasteiger partial charge in [0.2, 0.25) is 25.7 Å². The molecule has 12 heavy (non-hydrogen) atoms. The third-order valence-corrected chi connectivity index (χ3v) is 2.06. The maximum atomic E-state index is 11.1. The summed E-state index contributed by atoms with van der Waals surface area (Å²) in [6, 6.07) is 0. The Balaban J connectivity index is 2.75. The molecule has 0 bridgehead atoms. The van der Waals surface area contributed by atoms with Crippen molar-refractivity contribution in [2.24, 2.45) is 5.73 Å². The lowest BCUT2D eigenvalue weighted by Gasteiger charge is -2.18. The Morgan fingerprint density at radius 2 is 2.08 bits per heavy atom. The normalized spacial score (nSPS) is 18.1. The second-order valence-corrected chi connectivity index (χ2v) is 8.05. The third-order valence-electron chi connectivity index (χ3n) is 1.24. The van der Waals surface area contributed by atoms with Gasteiger partial charge in [-0.25, -0.2) is 0 Å². The van der Waals surface area contributed by atoms with Crippen LogP contribution in [0.3, 0.4) is 0 Å². The van der Waals surface area contributed by atoms with Crippen LogP contribution in [-0.2, 0) is 14.0 Å². The van der Waals surface area contributed by atoms with Crippen molar-refractivity contribution in [2.75, 3.05) is 6.61 Å². The van der Waals surface area contributed by atoms with Crippen LogP contribution in [0.1, 0.15) is 0 Å². The largest absolute Gasteiger partial charge is 0.538 e. The summed E-state index contributed by atoms with van der Waals surface area (Å²) in [4.78, 5) is 11.1. The van der Waals surface area contributed by atoms with E-state index < -0.39 is 8.32 Å². The lowest BCUT2D eigenvalue weighted by atomic mass is 10.4. The predicted octanol–water partition coefficient (Wildman–Crippen LogP) is 0.565. The molecule has 0 amide bonds. The van der Waals surface area contributed by atoms with Crippen LogP contribution in [0.5, 0.6) is 0 Å². The Labute approximate surface area is 72.5 Å². The van der Waals surface area contributed by atoms with Crippen LogP contribution < -0.4 is 5.73 Å². The van der Waals surface area contributed by atoms with Gasteiger partial charge in [-0.1, -0.05) is 0 Å². The summed E-state index contributed by atoms with van der Waals surface area (Å²) in [7, 11) is -1.74. The Morgan fingerprint density at radius 1 is 1.50 bits per heavy atom. The summed E-state index contributed by atoms with van der Waals surface area (Å²) in [5.41, 5.74) is 5.41. The average Bonchev–Trinajstić information content (AvgIpc) is 2.16. The van der Waals surface area contributed by atoms with Crippen LogP contribution in [0.2, 0.25) is 19.6 Å². The highest BCUT2D eigenvalue weighted by Crippen LogP contribution is 2.18. The van der Waals surface area contributed by atoms with Gasteiger partial charge in [-0.2, -0.15) is 0 Å². The highest BCUT2D eigenvalue weighted by molar-refractivity contribution is 6.70. The molecule has 0 atom stereocenters. The average molecular weight is 187 g/mol. The molecule has 0 unspecified atom stereocenters. The molecule has 0 radical (unpaired) electrons. The summed E-state index contributed by atoms with van der Waals surface area (Å²) in [6.07, 6.45) is 0. The summed E-state index contributed by atoms with van der Waals surface area (Å²) in [5, 5.41) is 0. The van der Waals surface area contributed by atoms with Crippen LogP contribution in [0.4, 0.5) is 0 Å². The van der Waals surface area contributed by atoms with Gasteiger partial charge in [-0.05, 0) is 19.6 Å². The van der Waals surface area contributed by atoms with Crippen molar-refractivity contribution in [3.8, 4) is 0 Å². The van der Waals surface area contributed by atoms with Crippen LogP contribution in [-0.4, -0.2) is 20.7 Å². The van der Waals surface area contributed by atoms with Gasteiger partial charge >= 0.3 is 0 Å². The Kier molecular flexibility index (Phi) is 2.14. The van der Waals surface area contributed by atoms with Crippen molar-refractivity contribution in [2.45, 2.75) is 19.6 Å². The SMILES string of the molecule is C[Si](C)(C)OC1=C(N)OCC1=O. The first-order valence-corrected chi connectivity index (χ1v) is 7.16. The molecule has 0 aliphatic carbocycles. The molecule has 0 aromatic heterocycles. The van der Waals surface area contributed by atoms with Gasteiger partial charge < -0.3 is 14.9 Å². The Bertz CT molecular complexity index is 242. The molecule has 0 aromatic carbocycles. The van der Waals surface area contributed by atoms with E-state index in [-0.39, 0.29) is 24.0 Å². The number of hydrogen-bond acceptors (Lipinski definition) is 4. The fraction of sp³-hybridized carbons (Fsp3) is 0.571. The first-order valence-electron chi connectivity index (χ1n) is 3.75. The van der Waals surface area contributed by atoms with Gasteiger partial charge in [0.25, 0.3) is 0 Å². The van der Waals surface area contributed by atoms with E-state index in [0.717, 1.165) is 0 Å². The molecule has 1 aliphatic heterocycles. The van der Waals surface area contributed by atoms with E-state index in [1.165, 1.54) is 0 Å². The molecule has 4 nitrogen and oxygen atoms in total. The lowest BCUT2D eigenvalue weighted by Crippen LogP contribution is -2.27. The molecule has 1 aliphatic rings. The van der Waals surface area contributed by atoms with Gasteiger partial charge in [-0.15, -0.1) is 0 Å². The number of Topliss-reactive ketones (excluding diaryl/α,β-unsaturated/α-hetero) is 1. The fourth-order valence-electron chi connectivity index (χ4n) is 0.825. The minimum atomic E-state index is -1.74. The molecule has 0 saturated heterocycles. The van der Waals surface area contributed by atoms with E-state index in [2.05, 4.69) is 0 Å². The van der Waals surface area contributed by atoms with E-state index in [1.807, 2.05) is 19.6 Å². The molecule has 2 N–H and O–H groups in total. The quantitative estimate of drug-likeness (QED) is 0.642. The monoisotopic (exact) mass is 187 g/mol.